The van der Waals surface area contributed by atoms with Crippen molar-refractivity contribution in [2.24, 2.45) is 0 Å². The predicted octanol–water partition coefficient (Wildman–Crippen LogP) is 0.640. The van der Waals surface area contributed by atoms with Crippen molar-refractivity contribution in [2.75, 3.05) is 27.3 Å². The van der Waals surface area contributed by atoms with Gasteiger partial charge in [-0.25, -0.2) is 0 Å². The number of methoxy groups -OCH3 is 1. The lowest BCUT2D eigenvalue weighted by atomic mass is 9.94. The standard InChI is InChI=1S/C18H25N5O2/c1-22-12-15-6-4-3-5-14(15)11-16(22)18(24)19-8-7-17-21-20-13-23(17)9-10-25-2/h3-6,13,16H,7-12H2,1-2H3,(H,19,24)/t16-/m0/s1. The van der Waals surface area contributed by atoms with Crippen LogP contribution in [0.2, 0.25) is 0 Å². The first-order valence-corrected chi connectivity index (χ1v) is 8.59. The van der Waals surface area contributed by atoms with E-state index in [4.69, 9.17) is 4.74 Å². The average molecular weight is 343 g/mol. The quantitative estimate of drug-likeness (QED) is 0.799. The van der Waals surface area contributed by atoms with Crippen molar-refractivity contribution in [1.29, 1.82) is 0 Å². The lowest BCUT2D eigenvalue weighted by molar-refractivity contribution is -0.126. The zero-order chi connectivity index (χ0) is 17.6. The summed E-state index contributed by atoms with van der Waals surface area (Å²) in [6.07, 6.45) is 3.10. The van der Waals surface area contributed by atoms with E-state index in [9.17, 15) is 4.79 Å². The number of rotatable bonds is 7. The second-order valence-corrected chi connectivity index (χ2v) is 6.38. The molecule has 1 atom stereocenters. The van der Waals surface area contributed by atoms with E-state index in [-0.39, 0.29) is 11.9 Å². The number of carbonyl (C=O) groups excluding carboxylic acids is 1. The van der Waals surface area contributed by atoms with Crippen molar-refractivity contribution in [2.45, 2.75) is 32.0 Å². The van der Waals surface area contributed by atoms with Crippen LogP contribution < -0.4 is 5.32 Å². The van der Waals surface area contributed by atoms with Gasteiger partial charge in [0.15, 0.2) is 0 Å². The van der Waals surface area contributed by atoms with Gasteiger partial charge in [-0.15, -0.1) is 10.2 Å². The number of ether oxygens (including phenoxy) is 1. The Kier molecular flexibility index (Phi) is 5.78. The summed E-state index contributed by atoms with van der Waals surface area (Å²) in [7, 11) is 3.67. The molecule has 134 valence electrons. The molecule has 0 unspecified atom stereocenters. The van der Waals surface area contributed by atoms with E-state index in [1.807, 2.05) is 23.7 Å². The number of nitrogens with zero attached hydrogens (tertiary/aromatic N) is 4. The van der Waals surface area contributed by atoms with Gasteiger partial charge in [-0.05, 0) is 24.6 Å². The Morgan fingerprint density at radius 1 is 1.36 bits per heavy atom. The van der Waals surface area contributed by atoms with Crippen molar-refractivity contribution in [3.8, 4) is 0 Å². The first-order chi connectivity index (χ1) is 12.2. The molecule has 1 aliphatic rings. The van der Waals surface area contributed by atoms with E-state index in [0.29, 0.717) is 19.6 Å². The van der Waals surface area contributed by atoms with Crippen molar-refractivity contribution in [3.05, 3.63) is 47.5 Å². The molecule has 25 heavy (non-hydrogen) atoms. The maximum Gasteiger partial charge on any atom is 0.237 e. The summed E-state index contributed by atoms with van der Waals surface area (Å²) < 4.78 is 7.04. The van der Waals surface area contributed by atoms with Crippen LogP contribution in [0.5, 0.6) is 0 Å². The highest BCUT2D eigenvalue weighted by Gasteiger charge is 2.28. The van der Waals surface area contributed by atoms with E-state index in [2.05, 4.69) is 32.5 Å². The number of fused-ring (bicyclic) bond motifs is 1. The Morgan fingerprint density at radius 2 is 2.16 bits per heavy atom. The third kappa shape index (κ3) is 4.24. The zero-order valence-corrected chi connectivity index (χ0v) is 14.8. The molecule has 2 aromatic rings. The molecule has 0 aliphatic carbocycles. The third-order valence-corrected chi connectivity index (χ3v) is 4.67. The lowest BCUT2D eigenvalue weighted by Gasteiger charge is -2.33. The van der Waals surface area contributed by atoms with Crippen molar-refractivity contribution in [3.63, 3.8) is 0 Å². The number of benzene rings is 1. The second kappa shape index (κ2) is 8.22. The largest absolute Gasteiger partial charge is 0.383 e. The maximum atomic E-state index is 12.6. The molecule has 0 fully saturated rings. The van der Waals surface area contributed by atoms with E-state index in [1.54, 1.807) is 13.4 Å². The van der Waals surface area contributed by atoms with Crippen LogP contribution in [-0.2, 0) is 35.5 Å². The molecule has 0 bridgehead atoms. The fourth-order valence-corrected chi connectivity index (χ4v) is 3.21. The Morgan fingerprint density at radius 3 is 2.96 bits per heavy atom. The molecule has 1 aliphatic heterocycles. The van der Waals surface area contributed by atoms with Crippen LogP contribution in [0.3, 0.4) is 0 Å². The van der Waals surface area contributed by atoms with Gasteiger partial charge in [-0.2, -0.15) is 0 Å². The van der Waals surface area contributed by atoms with Crippen LogP contribution in [0.1, 0.15) is 17.0 Å². The molecule has 0 spiro atoms. The Hall–Kier alpha value is -2.25. The highest BCUT2D eigenvalue weighted by Crippen LogP contribution is 2.21. The van der Waals surface area contributed by atoms with Gasteiger partial charge < -0.3 is 14.6 Å². The predicted molar refractivity (Wildman–Crippen MR) is 94.0 cm³/mol. The lowest BCUT2D eigenvalue weighted by Crippen LogP contribution is -2.48. The van der Waals surface area contributed by atoms with Crippen LogP contribution in [-0.4, -0.2) is 58.9 Å². The zero-order valence-electron chi connectivity index (χ0n) is 14.8. The minimum atomic E-state index is -0.124. The fourth-order valence-electron chi connectivity index (χ4n) is 3.21. The minimum Gasteiger partial charge on any atom is -0.383 e. The van der Waals surface area contributed by atoms with Gasteiger partial charge in [-0.1, -0.05) is 24.3 Å². The molecule has 1 amide bonds. The minimum absolute atomic E-state index is 0.0694. The van der Waals surface area contributed by atoms with Crippen molar-refractivity contribution < 1.29 is 9.53 Å². The Balaban J connectivity index is 1.52. The highest BCUT2D eigenvalue weighted by atomic mass is 16.5. The van der Waals surface area contributed by atoms with Gasteiger partial charge in [0.1, 0.15) is 12.2 Å². The van der Waals surface area contributed by atoms with E-state index >= 15 is 0 Å². The normalized spacial score (nSPS) is 17.3. The number of likely N-dealkylation sites (N-methyl/N-ethyl adjacent to an activating group) is 1. The molecule has 1 N–H and O–H groups in total. The summed E-state index contributed by atoms with van der Waals surface area (Å²) in [4.78, 5) is 14.7. The number of carbonyl (C=O) groups is 1. The molecule has 2 heterocycles. The van der Waals surface area contributed by atoms with Gasteiger partial charge in [0, 0.05) is 33.2 Å². The Bertz CT molecular complexity index is 715. The summed E-state index contributed by atoms with van der Waals surface area (Å²) in [5, 5.41) is 11.1. The van der Waals surface area contributed by atoms with Crippen LogP contribution in [0.4, 0.5) is 0 Å². The van der Waals surface area contributed by atoms with E-state index in [1.165, 1.54) is 11.1 Å². The molecular weight excluding hydrogens is 318 g/mol. The number of nitrogens with one attached hydrogen (secondary N) is 1. The molecule has 0 saturated heterocycles. The van der Waals surface area contributed by atoms with E-state index < -0.39 is 0 Å². The summed E-state index contributed by atoms with van der Waals surface area (Å²) in [5.74, 6) is 0.930. The summed E-state index contributed by atoms with van der Waals surface area (Å²) in [6.45, 7) is 2.69. The number of hydrogen-bond donors (Lipinski definition) is 1. The van der Waals surface area contributed by atoms with Crippen LogP contribution in [0.15, 0.2) is 30.6 Å². The first kappa shape index (κ1) is 17.6. The van der Waals surface area contributed by atoms with Crippen LogP contribution in [0.25, 0.3) is 0 Å². The van der Waals surface area contributed by atoms with Crippen LogP contribution >= 0.6 is 0 Å². The molecule has 7 nitrogen and oxygen atoms in total. The molecule has 7 heteroatoms. The van der Waals surface area contributed by atoms with Crippen molar-refractivity contribution >= 4 is 5.91 Å². The molecule has 1 aromatic carbocycles. The van der Waals surface area contributed by atoms with Gasteiger partial charge >= 0.3 is 0 Å². The topological polar surface area (TPSA) is 72.3 Å². The Labute approximate surface area is 148 Å². The van der Waals surface area contributed by atoms with Crippen LogP contribution in [0, 0.1) is 0 Å². The number of aromatic nitrogens is 3. The SMILES string of the molecule is COCCn1cnnc1CCNC(=O)[C@@H]1Cc2ccccc2CN1C. The number of hydrogen-bond acceptors (Lipinski definition) is 5. The maximum absolute atomic E-state index is 12.6. The molecular formula is C18H25N5O2. The van der Waals surface area contributed by atoms with Crippen molar-refractivity contribution in [1.82, 2.24) is 25.0 Å². The first-order valence-electron chi connectivity index (χ1n) is 8.59. The van der Waals surface area contributed by atoms with E-state index in [0.717, 1.165) is 25.3 Å². The molecule has 0 radical (unpaired) electrons. The molecule has 1 aromatic heterocycles. The number of amides is 1. The smallest absolute Gasteiger partial charge is 0.237 e. The monoisotopic (exact) mass is 343 g/mol. The molecule has 0 saturated carbocycles. The summed E-state index contributed by atoms with van der Waals surface area (Å²) in [5.41, 5.74) is 2.57. The summed E-state index contributed by atoms with van der Waals surface area (Å²) in [6, 6.07) is 8.20. The third-order valence-electron chi connectivity index (χ3n) is 4.67. The van der Waals surface area contributed by atoms with Gasteiger partial charge in [-0.3, -0.25) is 9.69 Å². The van der Waals surface area contributed by atoms with Gasteiger partial charge in [0.2, 0.25) is 5.91 Å². The fraction of sp³-hybridized carbons (Fsp3) is 0.500. The average Bonchev–Trinajstić information content (AvgIpc) is 3.06. The second-order valence-electron chi connectivity index (χ2n) is 6.38. The highest BCUT2D eigenvalue weighted by molar-refractivity contribution is 5.82. The summed E-state index contributed by atoms with van der Waals surface area (Å²) >= 11 is 0. The van der Waals surface area contributed by atoms with Gasteiger partial charge in [0.05, 0.1) is 12.6 Å². The van der Waals surface area contributed by atoms with Gasteiger partial charge in [0.25, 0.3) is 0 Å². The molecule has 3 rings (SSSR count).